The first-order valence-electron chi connectivity index (χ1n) is 9.51. The van der Waals surface area contributed by atoms with Gasteiger partial charge in [-0.25, -0.2) is 4.79 Å². The van der Waals surface area contributed by atoms with Gasteiger partial charge < -0.3 is 19.3 Å². The molecule has 3 heterocycles. The summed E-state index contributed by atoms with van der Waals surface area (Å²) < 4.78 is 17.6. The van der Waals surface area contributed by atoms with Crippen molar-refractivity contribution in [2.75, 3.05) is 6.61 Å². The number of rotatable bonds is 1. The minimum Gasteiger partial charge on any atom is -0.458 e. The highest BCUT2D eigenvalue weighted by Crippen LogP contribution is 2.72. The molecule has 6 rings (SSSR count). The summed E-state index contributed by atoms with van der Waals surface area (Å²) in [5, 5.41) is 11.3. The Morgan fingerprint density at radius 2 is 2.12 bits per heavy atom. The molecule has 134 valence electrons. The zero-order valence-electron chi connectivity index (χ0n) is 14.9. The van der Waals surface area contributed by atoms with E-state index in [1.54, 1.807) is 0 Å². The molecule has 1 spiro atoms. The van der Waals surface area contributed by atoms with Crippen LogP contribution in [0.5, 0.6) is 0 Å². The molecular weight excluding hydrogens is 320 g/mol. The van der Waals surface area contributed by atoms with Crippen LogP contribution in [0.1, 0.15) is 40.0 Å². The molecule has 0 bridgehead atoms. The number of esters is 1. The molecule has 5 heteroatoms. The minimum atomic E-state index is -0.607. The normalized spacial score (nSPS) is 54.8. The van der Waals surface area contributed by atoms with Crippen LogP contribution < -0.4 is 0 Å². The van der Waals surface area contributed by atoms with Crippen molar-refractivity contribution in [1.82, 2.24) is 0 Å². The predicted molar refractivity (Wildman–Crippen MR) is 87.6 cm³/mol. The molecular formula is C20H24O5. The van der Waals surface area contributed by atoms with Crippen molar-refractivity contribution in [3.8, 4) is 0 Å². The lowest BCUT2D eigenvalue weighted by Gasteiger charge is -2.50. The Morgan fingerprint density at radius 1 is 1.32 bits per heavy atom. The fraction of sp³-hybridized carbons (Fsp3) is 0.750. The van der Waals surface area contributed by atoms with Crippen LogP contribution in [0.3, 0.4) is 0 Å². The first-order valence-corrected chi connectivity index (χ1v) is 9.51. The van der Waals surface area contributed by atoms with Crippen LogP contribution in [-0.2, 0) is 19.0 Å². The van der Waals surface area contributed by atoms with Gasteiger partial charge in [-0.1, -0.05) is 26.8 Å². The van der Waals surface area contributed by atoms with E-state index in [1.807, 2.05) is 0 Å². The van der Waals surface area contributed by atoms with Crippen molar-refractivity contribution >= 4 is 5.97 Å². The number of aliphatic hydroxyl groups excluding tert-OH is 1. The van der Waals surface area contributed by atoms with Gasteiger partial charge in [-0.15, -0.1) is 0 Å². The zero-order chi connectivity index (χ0) is 17.4. The van der Waals surface area contributed by atoms with Gasteiger partial charge in [0.25, 0.3) is 0 Å². The SMILES string of the molecule is CC(C)[C@]12O[C@H]1C=C1[C@]3(O[C@H]3C[C@@H]3C4=C(CC[C@]13C)C(=O)OC4)[C@@H]2O. The Morgan fingerprint density at radius 3 is 2.88 bits per heavy atom. The molecule has 1 N–H and O–H groups in total. The Bertz CT molecular complexity index is 781. The standard InChI is InChI=1S/C20H24O5/c1-9(2)19-15(24-19)7-13-18(3)5-4-10-11(8-23-16(10)21)12(18)6-14-20(13,25-14)17(19)22/h7,9,12,14-15,17,22H,4-6,8H2,1-3H3/t12-,14+,15+,17-,18+,19+,20-/m1/s1. The number of hydrogen-bond donors (Lipinski definition) is 1. The van der Waals surface area contributed by atoms with Crippen molar-refractivity contribution in [3.63, 3.8) is 0 Å². The molecule has 3 aliphatic carbocycles. The molecule has 0 radical (unpaired) electrons. The lowest BCUT2D eigenvalue weighted by molar-refractivity contribution is -0.136. The van der Waals surface area contributed by atoms with Crippen LogP contribution in [0, 0.1) is 17.3 Å². The molecule has 7 atom stereocenters. The fourth-order valence-corrected chi connectivity index (χ4v) is 6.56. The molecule has 5 nitrogen and oxygen atoms in total. The number of aliphatic hydroxyl groups is 1. The number of fused-ring (bicyclic) bond motifs is 4. The van der Waals surface area contributed by atoms with Crippen molar-refractivity contribution in [2.45, 2.75) is 69.5 Å². The van der Waals surface area contributed by atoms with Gasteiger partial charge in [0, 0.05) is 5.57 Å². The highest BCUT2D eigenvalue weighted by Gasteiger charge is 2.82. The van der Waals surface area contributed by atoms with E-state index in [0.29, 0.717) is 6.61 Å². The summed E-state index contributed by atoms with van der Waals surface area (Å²) in [6, 6.07) is 0. The Balaban J connectivity index is 1.49. The van der Waals surface area contributed by atoms with Crippen LogP contribution >= 0.6 is 0 Å². The van der Waals surface area contributed by atoms with E-state index in [-0.39, 0.29) is 35.4 Å². The molecule has 0 aromatic rings. The van der Waals surface area contributed by atoms with Crippen molar-refractivity contribution in [1.29, 1.82) is 0 Å². The first-order chi connectivity index (χ1) is 11.9. The fourth-order valence-electron chi connectivity index (χ4n) is 6.56. The smallest absolute Gasteiger partial charge is 0.334 e. The number of epoxide rings is 2. The van der Waals surface area contributed by atoms with Gasteiger partial charge >= 0.3 is 5.97 Å². The molecule has 2 saturated heterocycles. The van der Waals surface area contributed by atoms with Crippen LogP contribution in [-0.4, -0.2) is 47.2 Å². The zero-order valence-corrected chi connectivity index (χ0v) is 14.9. The summed E-state index contributed by atoms with van der Waals surface area (Å²) in [6.07, 6.45) is 4.18. The second kappa shape index (κ2) is 4.05. The molecule has 6 aliphatic rings. The molecule has 0 unspecified atom stereocenters. The molecule has 25 heavy (non-hydrogen) atoms. The number of ether oxygens (including phenoxy) is 3. The predicted octanol–water partition coefficient (Wildman–Crippen LogP) is 1.89. The van der Waals surface area contributed by atoms with Gasteiger partial charge in [-0.05, 0) is 47.7 Å². The molecule has 0 aromatic heterocycles. The number of carbonyl (C=O) groups excluding carboxylic acids is 1. The minimum absolute atomic E-state index is 0.0135. The van der Waals surface area contributed by atoms with Gasteiger partial charge in [0.15, 0.2) is 0 Å². The summed E-state index contributed by atoms with van der Waals surface area (Å²) in [5.41, 5.74) is 2.16. The maximum absolute atomic E-state index is 12.0. The van der Waals surface area contributed by atoms with Crippen LogP contribution in [0.15, 0.2) is 22.8 Å². The summed E-state index contributed by atoms with van der Waals surface area (Å²) in [5.74, 6) is 0.385. The summed E-state index contributed by atoms with van der Waals surface area (Å²) in [4.78, 5) is 12.0. The van der Waals surface area contributed by atoms with Gasteiger partial charge in [-0.2, -0.15) is 0 Å². The molecule has 3 fully saturated rings. The van der Waals surface area contributed by atoms with Crippen molar-refractivity contribution in [3.05, 3.63) is 22.8 Å². The second-order valence-corrected chi connectivity index (χ2v) is 9.21. The highest BCUT2D eigenvalue weighted by molar-refractivity contribution is 5.92. The summed E-state index contributed by atoms with van der Waals surface area (Å²) in [7, 11) is 0. The molecule has 1 saturated carbocycles. The van der Waals surface area contributed by atoms with Crippen LogP contribution in [0.25, 0.3) is 0 Å². The first kappa shape index (κ1) is 14.9. The van der Waals surface area contributed by atoms with Crippen molar-refractivity contribution < 1.29 is 24.1 Å². The van der Waals surface area contributed by atoms with E-state index in [1.165, 1.54) is 11.1 Å². The monoisotopic (exact) mass is 344 g/mol. The summed E-state index contributed by atoms with van der Waals surface area (Å²) in [6.45, 7) is 6.94. The van der Waals surface area contributed by atoms with E-state index >= 15 is 0 Å². The lowest BCUT2D eigenvalue weighted by atomic mass is 9.51. The largest absolute Gasteiger partial charge is 0.458 e. The van der Waals surface area contributed by atoms with Gasteiger partial charge in [0.1, 0.15) is 30.0 Å². The third kappa shape index (κ3) is 1.41. The third-order valence-electron chi connectivity index (χ3n) is 8.09. The number of hydrogen-bond acceptors (Lipinski definition) is 5. The van der Waals surface area contributed by atoms with E-state index in [4.69, 9.17) is 14.2 Å². The average molecular weight is 344 g/mol. The van der Waals surface area contributed by atoms with Crippen LogP contribution in [0.2, 0.25) is 0 Å². The highest BCUT2D eigenvalue weighted by atomic mass is 16.7. The quantitative estimate of drug-likeness (QED) is 0.447. The van der Waals surface area contributed by atoms with Crippen LogP contribution in [0.4, 0.5) is 0 Å². The van der Waals surface area contributed by atoms with Gasteiger partial charge in [-0.3, -0.25) is 0 Å². The van der Waals surface area contributed by atoms with Gasteiger partial charge in [0.2, 0.25) is 0 Å². The van der Waals surface area contributed by atoms with E-state index in [2.05, 4.69) is 26.8 Å². The maximum Gasteiger partial charge on any atom is 0.334 e. The van der Waals surface area contributed by atoms with Gasteiger partial charge in [0.05, 0.1) is 6.10 Å². The molecule has 0 amide bonds. The number of cyclic esters (lactones) is 1. The van der Waals surface area contributed by atoms with E-state index in [9.17, 15) is 9.90 Å². The van der Waals surface area contributed by atoms with E-state index in [0.717, 1.165) is 24.8 Å². The topological polar surface area (TPSA) is 71.6 Å². The third-order valence-corrected chi connectivity index (χ3v) is 8.09. The second-order valence-electron chi connectivity index (χ2n) is 9.21. The Hall–Kier alpha value is -1.17. The van der Waals surface area contributed by atoms with E-state index < -0.39 is 17.3 Å². The Labute approximate surface area is 147 Å². The van der Waals surface area contributed by atoms with Crippen molar-refractivity contribution in [2.24, 2.45) is 17.3 Å². The number of carbonyl (C=O) groups is 1. The lowest BCUT2D eigenvalue weighted by Crippen LogP contribution is -2.58. The molecule has 0 aromatic carbocycles. The average Bonchev–Trinajstić information content (AvgIpc) is 3.44. The molecule has 3 aliphatic heterocycles. The summed E-state index contributed by atoms with van der Waals surface area (Å²) >= 11 is 0. The maximum atomic E-state index is 12.0. The Kier molecular flexibility index (Phi) is 2.42.